The van der Waals surface area contributed by atoms with Crippen molar-refractivity contribution in [2.45, 2.75) is 32.5 Å². The Morgan fingerprint density at radius 1 is 1.19 bits per heavy atom. The van der Waals surface area contributed by atoms with Crippen molar-refractivity contribution in [3.05, 3.63) is 66.1 Å². The highest BCUT2D eigenvalue weighted by molar-refractivity contribution is 5.96. The second-order valence-electron chi connectivity index (χ2n) is 8.98. The first-order valence-electron chi connectivity index (χ1n) is 11.6. The van der Waals surface area contributed by atoms with E-state index in [2.05, 4.69) is 16.6 Å². The maximum Gasteiger partial charge on any atom is 0.573 e. The van der Waals surface area contributed by atoms with Crippen LogP contribution >= 0.6 is 0 Å². The van der Waals surface area contributed by atoms with E-state index in [-0.39, 0.29) is 29.4 Å². The molecule has 4 rings (SSSR count). The van der Waals surface area contributed by atoms with Crippen LogP contribution in [0.15, 0.2) is 55.0 Å². The number of carbonyl (C=O) groups is 2. The van der Waals surface area contributed by atoms with E-state index in [1.807, 2.05) is 18.1 Å². The molecule has 2 heterocycles. The molecule has 198 valence electrons. The molecule has 0 spiro atoms. The van der Waals surface area contributed by atoms with Gasteiger partial charge in [0.2, 0.25) is 5.91 Å². The van der Waals surface area contributed by atoms with Crippen LogP contribution in [0.3, 0.4) is 0 Å². The number of aryl methyl sites for hydroxylation is 1. The number of likely N-dealkylation sites (tertiary alicyclic amines) is 1. The monoisotopic (exact) mass is 518 g/mol. The minimum absolute atomic E-state index is 0.0195. The summed E-state index contributed by atoms with van der Waals surface area (Å²) in [5, 5.41) is 9.43. The van der Waals surface area contributed by atoms with Crippen LogP contribution in [0.2, 0.25) is 0 Å². The number of amides is 2. The van der Waals surface area contributed by atoms with Crippen LogP contribution in [-0.4, -0.2) is 50.8 Å². The average Bonchev–Trinajstić information content (AvgIpc) is 3.26. The number of carbonyl (C=O) groups excluding carboxylic acids is 2. The van der Waals surface area contributed by atoms with E-state index >= 15 is 0 Å². The summed E-state index contributed by atoms with van der Waals surface area (Å²) in [4.78, 5) is 29.2. The molecule has 1 unspecified atom stereocenters. The van der Waals surface area contributed by atoms with Gasteiger partial charge in [-0.1, -0.05) is 19.1 Å². The predicted octanol–water partition coefficient (Wildman–Crippen LogP) is 4.28. The molecule has 1 fully saturated rings. The van der Waals surface area contributed by atoms with Gasteiger partial charge in [0.1, 0.15) is 11.5 Å². The molecule has 2 amide bonds. The predicted molar refractivity (Wildman–Crippen MR) is 131 cm³/mol. The molecule has 1 atom stereocenters. The highest BCUT2D eigenvalue weighted by atomic mass is 19.4. The molecule has 1 saturated heterocycles. The van der Waals surface area contributed by atoms with Gasteiger partial charge in [-0.15, -0.1) is 13.2 Å². The third-order valence-electron chi connectivity index (χ3n) is 5.78. The van der Waals surface area contributed by atoms with Crippen LogP contribution in [0.4, 0.5) is 13.2 Å². The topological polar surface area (TPSA) is 111 Å². The number of piperidine rings is 1. The molecular formula is C26H29F3N4O4. The lowest BCUT2D eigenvalue weighted by Crippen LogP contribution is -2.39. The summed E-state index contributed by atoms with van der Waals surface area (Å²) in [6, 6.07) is 10.1. The summed E-state index contributed by atoms with van der Waals surface area (Å²) in [6.45, 7) is 3.63. The first-order valence-corrected chi connectivity index (χ1v) is 11.6. The number of rotatable bonds is 5. The van der Waals surface area contributed by atoms with Gasteiger partial charge in [0, 0.05) is 31.9 Å². The molecule has 1 aliphatic heterocycles. The van der Waals surface area contributed by atoms with Crippen molar-refractivity contribution in [3.63, 3.8) is 0 Å². The van der Waals surface area contributed by atoms with Crippen LogP contribution in [-0.2, 0) is 18.3 Å². The smallest absolute Gasteiger partial charge is 0.507 e. The van der Waals surface area contributed by atoms with Crippen molar-refractivity contribution in [3.8, 4) is 22.8 Å². The Bertz CT molecular complexity index is 1230. The standard InChI is InChI=1S/C15H18F3NO2.C11H11N3O2/c1-11-3-2-8-19(10-11)14(20)9-12-4-6-13(7-5-12)21-15(16,17)18;1-14-5-9(13-6-14)7-2-3-10(15)8(4-7)11(12)16/h4-7,11H,2-3,8-10H2,1H3;2-6,15H,1H3,(H2,12,16). The Hall–Kier alpha value is -4.02. The summed E-state index contributed by atoms with van der Waals surface area (Å²) in [7, 11) is 1.85. The normalized spacial score (nSPS) is 15.5. The number of primary amides is 1. The number of hydrogen-bond acceptors (Lipinski definition) is 5. The van der Waals surface area contributed by atoms with Crippen LogP contribution in [0.5, 0.6) is 11.5 Å². The number of aromatic nitrogens is 2. The van der Waals surface area contributed by atoms with Crippen molar-refractivity contribution in [2.24, 2.45) is 18.7 Å². The minimum atomic E-state index is -4.69. The highest BCUT2D eigenvalue weighted by Crippen LogP contribution is 2.25. The van der Waals surface area contributed by atoms with Gasteiger partial charge < -0.3 is 25.0 Å². The third kappa shape index (κ3) is 8.26. The quantitative estimate of drug-likeness (QED) is 0.524. The van der Waals surface area contributed by atoms with Crippen molar-refractivity contribution in [1.29, 1.82) is 0 Å². The lowest BCUT2D eigenvalue weighted by atomic mass is 9.99. The van der Waals surface area contributed by atoms with Crippen LogP contribution in [0, 0.1) is 5.92 Å². The molecule has 37 heavy (non-hydrogen) atoms. The van der Waals surface area contributed by atoms with Crippen molar-refractivity contribution < 1.29 is 32.6 Å². The Kier molecular flexibility index (Phi) is 8.80. The van der Waals surface area contributed by atoms with E-state index in [1.54, 1.807) is 17.0 Å². The SMILES string of the molecule is CC1CCCN(C(=O)Cc2ccc(OC(F)(F)F)cc2)C1.Cn1cnc(-c2ccc(O)c(C(N)=O)c2)c1. The fourth-order valence-electron chi connectivity index (χ4n) is 3.97. The summed E-state index contributed by atoms with van der Waals surface area (Å²) in [5.41, 5.74) is 7.40. The fraction of sp³-hybridized carbons (Fsp3) is 0.346. The Morgan fingerprint density at radius 3 is 2.46 bits per heavy atom. The zero-order valence-corrected chi connectivity index (χ0v) is 20.5. The molecule has 8 nitrogen and oxygen atoms in total. The highest BCUT2D eigenvalue weighted by Gasteiger charge is 2.31. The third-order valence-corrected chi connectivity index (χ3v) is 5.78. The van der Waals surface area contributed by atoms with Gasteiger partial charge in [-0.25, -0.2) is 4.98 Å². The lowest BCUT2D eigenvalue weighted by Gasteiger charge is -2.31. The molecule has 1 aromatic heterocycles. The summed E-state index contributed by atoms with van der Waals surface area (Å²) in [6.07, 6.45) is 1.13. The first kappa shape index (κ1) is 27.6. The number of aromatic hydroxyl groups is 1. The van der Waals surface area contributed by atoms with E-state index in [0.29, 0.717) is 11.5 Å². The number of halogens is 3. The number of nitrogens with two attached hydrogens (primary N) is 1. The largest absolute Gasteiger partial charge is 0.573 e. The molecule has 0 saturated carbocycles. The number of imidazole rings is 1. The van der Waals surface area contributed by atoms with Crippen LogP contribution in [0.1, 0.15) is 35.7 Å². The Morgan fingerprint density at radius 2 is 1.89 bits per heavy atom. The van der Waals surface area contributed by atoms with Crippen LogP contribution < -0.4 is 10.5 Å². The number of nitrogens with zero attached hydrogens (tertiary/aromatic N) is 3. The van der Waals surface area contributed by atoms with Gasteiger partial charge >= 0.3 is 6.36 Å². The summed E-state index contributed by atoms with van der Waals surface area (Å²) in [5.74, 6) is -0.524. The number of phenols is 1. The lowest BCUT2D eigenvalue weighted by molar-refractivity contribution is -0.274. The van der Waals surface area contributed by atoms with Crippen LogP contribution in [0.25, 0.3) is 11.3 Å². The van der Waals surface area contributed by atoms with Gasteiger partial charge in [-0.2, -0.15) is 0 Å². The first-order chi connectivity index (χ1) is 17.4. The van der Waals surface area contributed by atoms with E-state index in [9.17, 15) is 27.9 Å². The zero-order valence-electron chi connectivity index (χ0n) is 20.5. The molecule has 1 aliphatic rings. The number of hydrogen-bond donors (Lipinski definition) is 2. The molecule has 2 aromatic carbocycles. The van der Waals surface area contributed by atoms with Gasteiger partial charge in [-0.05, 0) is 54.7 Å². The van der Waals surface area contributed by atoms with E-state index < -0.39 is 12.3 Å². The summed E-state index contributed by atoms with van der Waals surface area (Å²) < 4.78 is 41.7. The molecule has 3 aromatic rings. The van der Waals surface area contributed by atoms with E-state index in [4.69, 9.17) is 5.73 Å². The zero-order chi connectivity index (χ0) is 27.2. The second kappa shape index (κ2) is 11.8. The summed E-state index contributed by atoms with van der Waals surface area (Å²) >= 11 is 0. The second-order valence-corrected chi connectivity index (χ2v) is 8.98. The number of alkyl halides is 3. The molecule has 0 bridgehead atoms. The molecule has 11 heteroatoms. The van der Waals surface area contributed by atoms with Gasteiger partial charge in [0.25, 0.3) is 5.91 Å². The molecular weight excluding hydrogens is 489 g/mol. The number of ether oxygens (including phenoxy) is 1. The van der Waals surface area contributed by atoms with Crippen molar-refractivity contribution in [1.82, 2.24) is 14.5 Å². The Labute approximate surface area is 212 Å². The van der Waals surface area contributed by atoms with Gasteiger partial charge in [0.15, 0.2) is 0 Å². The van der Waals surface area contributed by atoms with Crippen molar-refractivity contribution >= 4 is 11.8 Å². The molecule has 0 aliphatic carbocycles. The Balaban J connectivity index is 0.000000213. The maximum atomic E-state index is 12.1. The maximum absolute atomic E-state index is 12.1. The molecule has 0 radical (unpaired) electrons. The van der Waals surface area contributed by atoms with E-state index in [0.717, 1.165) is 37.2 Å². The molecule has 3 N–H and O–H groups in total. The fourth-order valence-corrected chi connectivity index (χ4v) is 3.97. The van der Waals surface area contributed by atoms with Crippen molar-refractivity contribution in [2.75, 3.05) is 13.1 Å². The van der Waals surface area contributed by atoms with E-state index in [1.165, 1.54) is 36.4 Å². The minimum Gasteiger partial charge on any atom is -0.507 e. The van der Waals surface area contributed by atoms with Gasteiger partial charge in [-0.3, -0.25) is 9.59 Å². The number of benzene rings is 2. The average molecular weight is 519 g/mol. The van der Waals surface area contributed by atoms with Gasteiger partial charge in [0.05, 0.1) is 24.0 Å².